The van der Waals surface area contributed by atoms with Gasteiger partial charge in [-0.1, -0.05) is 35.9 Å². The number of amides is 2. The van der Waals surface area contributed by atoms with Crippen LogP contribution in [0.15, 0.2) is 42.5 Å². The predicted molar refractivity (Wildman–Crippen MR) is 108 cm³/mol. The fourth-order valence-corrected chi connectivity index (χ4v) is 2.70. The third-order valence-corrected chi connectivity index (χ3v) is 4.32. The number of benzene rings is 2. The SMILES string of the molecule is Cc1ccc(NC(=O)C(C)OC(=O)CCNC(=O)c2ccccc2C)c(C)c1. The molecule has 1 atom stereocenters. The molecule has 6 heteroatoms. The number of esters is 1. The van der Waals surface area contributed by atoms with Gasteiger partial charge in [0, 0.05) is 17.8 Å². The summed E-state index contributed by atoms with van der Waals surface area (Å²) in [5, 5.41) is 5.44. The van der Waals surface area contributed by atoms with Crippen molar-refractivity contribution in [3.63, 3.8) is 0 Å². The highest BCUT2D eigenvalue weighted by Crippen LogP contribution is 2.16. The Morgan fingerprint density at radius 2 is 1.71 bits per heavy atom. The predicted octanol–water partition coefficient (Wildman–Crippen LogP) is 3.30. The highest BCUT2D eigenvalue weighted by Gasteiger charge is 2.18. The van der Waals surface area contributed by atoms with Crippen molar-refractivity contribution in [2.75, 3.05) is 11.9 Å². The molecule has 0 aromatic heterocycles. The van der Waals surface area contributed by atoms with E-state index in [9.17, 15) is 14.4 Å². The van der Waals surface area contributed by atoms with Gasteiger partial charge in [-0.05, 0) is 51.0 Å². The number of anilines is 1. The minimum Gasteiger partial charge on any atom is -0.452 e. The second kappa shape index (κ2) is 9.69. The Bertz CT molecular complexity index is 877. The summed E-state index contributed by atoms with van der Waals surface area (Å²) in [5.41, 5.74) is 4.15. The fourth-order valence-electron chi connectivity index (χ4n) is 2.70. The standard InChI is InChI=1S/C22H26N2O4/c1-14-9-10-19(16(3)13-14)24-21(26)17(4)28-20(25)11-12-23-22(27)18-8-6-5-7-15(18)2/h5-10,13,17H,11-12H2,1-4H3,(H,23,27)(H,24,26). The molecule has 148 valence electrons. The van der Waals surface area contributed by atoms with Gasteiger partial charge in [0.05, 0.1) is 6.42 Å². The largest absolute Gasteiger partial charge is 0.452 e. The maximum atomic E-state index is 12.2. The van der Waals surface area contributed by atoms with E-state index < -0.39 is 18.0 Å². The lowest BCUT2D eigenvalue weighted by Gasteiger charge is -2.15. The smallest absolute Gasteiger partial charge is 0.308 e. The van der Waals surface area contributed by atoms with Gasteiger partial charge >= 0.3 is 5.97 Å². The summed E-state index contributed by atoms with van der Waals surface area (Å²) < 4.78 is 5.16. The van der Waals surface area contributed by atoms with E-state index in [2.05, 4.69) is 10.6 Å². The fraction of sp³-hybridized carbons (Fsp3) is 0.318. The second-order valence-corrected chi connectivity index (χ2v) is 6.76. The summed E-state index contributed by atoms with van der Waals surface area (Å²) in [6.07, 6.45) is -0.945. The van der Waals surface area contributed by atoms with Crippen LogP contribution in [0.5, 0.6) is 0 Å². The van der Waals surface area contributed by atoms with E-state index in [4.69, 9.17) is 4.74 Å². The molecule has 0 heterocycles. The molecule has 0 aliphatic heterocycles. The molecule has 0 bridgehead atoms. The third kappa shape index (κ3) is 5.94. The van der Waals surface area contributed by atoms with E-state index >= 15 is 0 Å². The molecule has 2 aromatic rings. The number of carbonyl (C=O) groups is 3. The van der Waals surface area contributed by atoms with E-state index in [1.807, 2.05) is 51.1 Å². The Hall–Kier alpha value is -3.15. The van der Waals surface area contributed by atoms with Crippen LogP contribution >= 0.6 is 0 Å². The third-order valence-electron chi connectivity index (χ3n) is 4.32. The molecule has 0 spiro atoms. The summed E-state index contributed by atoms with van der Waals surface area (Å²) in [7, 11) is 0. The van der Waals surface area contributed by atoms with Crippen LogP contribution in [0.2, 0.25) is 0 Å². The van der Waals surface area contributed by atoms with Crippen LogP contribution in [-0.4, -0.2) is 30.4 Å². The first-order valence-electron chi connectivity index (χ1n) is 9.19. The van der Waals surface area contributed by atoms with Crippen LogP contribution < -0.4 is 10.6 Å². The van der Waals surface area contributed by atoms with Crippen molar-refractivity contribution in [2.24, 2.45) is 0 Å². The zero-order valence-electron chi connectivity index (χ0n) is 16.7. The Kier molecular flexibility index (Phi) is 7.32. The molecule has 6 nitrogen and oxygen atoms in total. The summed E-state index contributed by atoms with van der Waals surface area (Å²) in [6, 6.07) is 12.9. The normalized spacial score (nSPS) is 11.4. The molecular weight excluding hydrogens is 356 g/mol. The maximum absolute atomic E-state index is 12.2. The van der Waals surface area contributed by atoms with Crippen LogP contribution in [0.3, 0.4) is 0 Å². The van der Waals surface area contributed by atoms with E-state index in [-0.39, 0.29) is 18.9 Å². The van der Waals surface area contributed by atoms with Gasteiger partial charge in [-0.2, -0.15) is 0 Å². The van der Waals surface area contributed by atoms with Gasteiger partial charge < -0.3 is 15.4 Å². The van der Waals surface area contributed by atoms with Crippen molar-refractivity contribution in [2.45, 2.75) is 40.2 Å². The highest BCUT2D eigenvalue weighted by atomic mass is 16.5. The zero-order chi connectivity index (χ0) is 20.7. The molecule has 0 aliphatic carbocycles. The highest BCUT2D eigenvalue weighted by molar-refractivity contribution is 5.96. The Morgan fingerprint density at radius 1 is 1.00 bits per heavy atom. The molecule has 2 aromatic carbocycles. The molecule has 2 N–H and O–H groups in total. The number of nitrogens with one attached hydrogen (secondary N) is 2. The van der Waals surface area contributed by atoms with Crippen molar-refractivity contribution in [1.29, 1.82) is 0 Å². The first-order valence-corrected chi connectivity index (χ1v) is 9.19. The van der Waals surface area contributed by atoms with Crippen LogP contribution in [0.4, 0.5) is 5.69 Å². The van der Waals surface area contributed by atoms with Gasteiger partial charge in [-0.15, -0.1) is 0 Å². The number of rotatable bonds is 7. The molecule has 1 unspecified atom stereocenters. The number of hydrogen-bond donors (Lipinski definition) is 2. The summed E-state index contributed by atoms with van der Waals surface area (Å²) in [4.78, 5) is 36.3. The number of ether oxygens (including phenoxy) is 1. The number of aryl methyl sites for hydroxylation is 3. The quantitative estimate of drug-likeness (QED) is 0.720. The van der Waals surface area contributed by atoms with Crippen molar-refractivity contribution in [3.05, 3.63) is 64.7 Å². The van der Waals surface area contributed by atoms with Gasteiger partial charge in [-0.25, -0.2) is 0 Å². The molecular formula is C22H26N2O4. The van der Waals surface area contributed by atoms with E-state index in [1.165, 1.54) is 6.92 Å². The van der Waals surface area contributed by atoms with Crippen LogP contribution in [-0.2, 0) is 14.3 Å². The van der Waals surface area contributed by atoms with Crippen LogP contribution in [0.25, 0.3) is 0 Å². The first kappa shape index (κ1) is 21.2. The maximum Gasteiger partial charge on any atom is 0.308 e. The van der Waals surface area contributed by atoms with E-state index in [0.717, 1.165) is 16.7 Å². The molecule has 2 rings (SSSR count). The van der Waals surface area contributed by atoms with Gasteiger partial charge in [0.25, 0.3) is 11.8 Å². The molecule has 0 fully saturated rings. The summed E-state index contributed by atoms with van der Waals surface area (Å²) in [5.74, 6) is -1.19. The van der Waals surface area contributed by atoms with E-state index in [1.54, 1.807) is 12.1 Å². The topological polar surface area (TPSA) is 84.5 Å². The molecule has 0 saturated heterocycles. The minimum atomic E-state index is -0.930. The monoisotopic (exact) mass is 382 g/mol. The first-order chi connectivity index (χ1) is 13.3. The lowest BCUT2D eigenvalue weighted by atomic mass is 10.1. The van der Waals surface area contributed by atoms with Gasteiger partial charge in [0.15, 0.2) is 6.10 Å². The number of carbonyl (C=O) groups excluding carboxylic acids is 3. The average molecular weight is 382 g/mol. The van der Waals surface area contributed by atoms with Gasteiger partial charge in [0.2, 0.25) is 0 Å². The lowest BCUT2D eigenvalue weighted by molar-refractivity contribution is -0.153. The van der Waals surface area contributed by atoms with Crippen molar-refractivity contribution in [1.82, 2.24) is 5.32 Å². The van der Waals surface area contributed by atoms with Crippen LogP contribution in [0.1, 0.15) is 40.4 Å². The van der Waals surface area contributed by atoms with Crippen molar-refractivity contribution >= 4 is 23.5 Å². The average Bonchev–Trinajstić information content (AvgIpc) is 2.64. The van der Waals surface area contributed by atoms with E-state index in [0.29, 0.717) is 11.3 Å². The zero-order valence-corrected chi connectivity index (χ0v) is 16.7. The molecule has 0 radical (unpaired) electrons. The second-order valence-electron chi connectivity index (χ2n) is 6.76. The van der Waals surface area contributed by atoms with Crippen molar-refractivity contribution < 1.29 is 19.1 Å². The molecule has 0 saturated carbocycles. The van der Waals surface area contributed by atoms with Gasteiger partial charge in [0.1, 0.15) is 0 Å². The Labute approximate surface area is 165 Å². The number of hydrogen-bond acceptors (Lipinski definition) is 4. The molecule has 2 amide bonds. The summed E-state index contributed by atoms with van der Waals surface area (Å²) >= 11 is 0. The molecule has 0 aliphatic rings. The van der Waals surface area contributed by atoms with Crippen LogP contribution in [0, 0.1) is 20.8 Å². The lowest BCUT2D eigenvalue weighted by Crippen LogP contribution is -2.32. The van der Waals surface area contributed by atoms with Crippen molar-refractivity contribution in [3.8, 4) is 0 Å². The minimum absolute atomic E-state index is 0.0151. The molecule has 28 heavy (non-hydrogen) atoms. The summed E-state index contributed by atoms with van der Waals surface area (Å²) in [6.45, 7) is 7.37. The Morgan fingerprint density at radius 3 is 2.39 bits per heavy atom. The Balaban J connectivity index is 1.78. The van der Waals surface area contributed by atoms with Gasteiger partial charge in [-0.3, -0.25) is 14.4 Å².